The van der Waals surface area contributed by atoms with Gasteiger partial charge in [-0.15, -0.1) is 5.10 Å². The predicted molar refractivity (Wildman–Crippen MR) is 119 cm³/mol. The van der Waals surface area contributed by atoms with Crippen molar-refractivity contribution < 1.29 is 13.5 Å². The van der Waals surface area contributed by atoms with Crippen LogP contribution >= 0.6 is 0 Å². The van der Waals surface area contributed by atoms with Gasteiger partial charge in [-0.2, -0.15) is 0 Å². The van der Waals surface area contributed by atoms with Gasteiger partial charge in [-0.25, -0.2) is 22.2 Å². The van der Waals surface area contributed by atoms with E-state index in [4.69, 9.17) is 5.73 Å². The highest BCUT2D eigenvalue weighted by atomic mass is 32.2. The minimum atomic E-state index is -3.74. The fourth-order valence-electron chi connectivity index (χ4n) is 3.72. The van der Waals surface area contributed by atoms with Crippen molar-refractivity contribution in [3.63, 3.8) is 0 Å². The standard InChI is InChI=1S/C20H27N7O3S/c1-26(2)31(29,30)18-8-7-15(11-17(18)28)23-16-12-19(25-27-10-9-22-20(16)27)24-14-5-3-13(21)4-6-14/h7-14,23,28H,3-6,21H2,1-2H3,(H,24,25)/t13-,14-. The minimum absolute atomic E-state index is 0.151. The van der Waals surface area contributed by atoms with Gasteiger partial charge in [0.25, 0.3) is 0 Å². The fraction of sp³-hybridized carbons (Fsp3) is 0.400. The maximum absolute atomic E-state index is 12.3. The van der Waals surface area contributed by atoms with Crippen molar-refractivity contribution in [3.8, 4) is 5.75 Å². The van der Waals surface area contributed by atoms with Gasteiger partial charge in [-0.05, 0) is 37.8 Å². The molecular weight excluding hydrogens is 418 g/mol. The Morgan fingerprint density at radius 2 is 1.94 bits per heavy atom. The number of fused-ring (bicyclic) bond motifs is 1. The first-order valence-corrected chi connectivity index (χ1v) is 11.6. The molecule has 3 aromatic rings. The van der Waals surface area contributed by atoms with Gasteiger partial charge in [0, 0.05) is 56.4 Å². The molecule has 166 valence electrons. The molecule has 2 heterocycles. The summed E-state index contributed by atoms with van der Waals surface area (Å²) in [6, 6.07) is 6.80. The Kier molecular flexibility index (Phi) is 5.73. The van der Waals surface area contributed by atoms with Crippen LogP contribution in [0.5, 0.6) is 5.75 Å². The van der Waals surface area contributed by atoms with E-state index < -0.39 is 10.0 Å². The molecule has 0 unspecified atom stereocenters. The summed E-state index contributed by atoms with van der Waals surface area (Å²) in [7, 11) is -0.904. The van der Waals surface area contributed by atoms with Crippen LogP contribution in [0.15, 0.2) is 41.6 Å². The topological polar surface area (TPSA) is 138 Å². The highest BCUT2D eigenvalue weighted by Crippen LogP contribution is 2.31. The number of anilines is 3. The largest absolute Gasteiger partial charge is 0.506 e. The third-order valence-corrected chi connectivity index (χ3v) is 7.34. The average molecular weight is 446 g/mol. The van der Waals surface area contributed by atoms with Crippen LogP contribution in [0.25, 0.3) is 5.65 Å². The van der Waals surface area contributed by atoms with Crippen LogP contribution in [0.2, 0.25) is 0 Å². The van der Waals surface area contributed by atoms with Crippen molar-refractivity contribution in [2.45, 2.75) is 42.7 Å². The van der Waals surface area contributed by atoms with Gasteiger partial charge in [0.05, 0.1) is 5.69 Å². The van der Waals surface area contributed by atoms with E-state index in [1.165, 1.54) is 26.2 Å². The number of benzene rings is 1. The van der Waals surface area contributed by atoms with Crippen LogP contribution in [0.1, 0.15) is 25.7 Å². The number of aromatic hydroxyl groups is 1. The monoisotopic (exact) mass is 445 g/mol. The van der Waals surface area contributed by atoms with Gasteiger partial charge in [0.2, 0.25) is 10.0 Å². The molecule has 0 aliphatic heterocycles. The number of imidazole rings is 1. The summed E-state index contributed by atoms with van der Waals surface area (Å²) >= 11 is 0. The summed E-state index contributed by atoms with van der Waals surface area (Å²) in [6.45, 7) is 0. The van der Waals surface area contributed by atoms with Crippen molar-refractivity contribution in [1.82, 2.24) is 18.9 Å². The van der Waals surface area contributed by atoms with Crippen molar-refractivity contribution in [3.05, 3.63) is 36.7 Å². The summed E-state index contributed by atoms with van der Waals surface area (Å²) in [6.07, 6.45) is 7.36. The maximum Gasteiger partial charge on any atom is 0.246 e. The number of nitrogens with zero attached hydrogens (tertiary/aromatic N) is 4. The molecule has 1 saturated carbocycles. The van der Waals surface area contributed by atoms with E-state index in [0.717, 1.165) is 30.0 Å². The third-order valence-electron chi connectivity index (χ3n) is 5.48. The maximum atomic E-state index is 12.3. The average Bonchev–Trinajstić information content (AvgIpc) is 3.18. The van der Waals surface area contributed by atoms with E-state index >= 15 is 0 Å². The lowest BCUT2D eigenvalue weighted by molar-refractivity contribution is 0.410. The van der Waals surface area contributed by atoms with Crippen LogP contribution < -0.4 is 16.4 Å². The van der Waals surface area contributed by atoms with E-state index in [1.807, 2.05) is 6.07 Å². The summed E-state index contributed by atoms with van der Waals surface area (Å²) in [5.41, 5.74) is 7.82. The molecule has 0 amide bonds. The molecule has 1 fully saturated rings. The molecule has 11 heteroatoms. The molecule has 0 atom stereocenters. The lowest BCUT2D eigenvalue weighted by atomic mass is 9.92. The van der Waals surface area contributed by atoms with Crippen LogP contribution in [0.3, 0.4) is 0 Å². The molecule has 4 rings (SSSR count). The van der Waals surface area contributed by atoms with E-state index in [2.05, 4.69) is 20.7 Å². The van der Waals surface area contributed by atoms with Gasteiger partial charge in [-0.3, -0.25) is 0 Å². The van der Waals surface area contributed by atoms with Crippen LogP contribution in [-0.2, 0) is 10.0 Å². The first-order valence-electron chi connectivity index (χ1n) is 10.1. The second-order valence-electron chi connectivity index (χ2n) is 7.99. The number of sulfonamides is 1. The van der Waals surface area contributed by atoms with E-state index in [-0.39, 0.29) is 16.7 Å². The number of hydrogen-bond acceptors (Lipinski definition) is 8. The van der Waals surface area contributed by atoms with Gasteiger partial charge in [0.1, 0.15) is 16.5 Å². The Balaban J connectivity index is 1.61. The Bertz CT molecular complexity index is 1180. The van der Waals surface area contributed by atoms with E-state index in [9.17, 15) is 13.5 Å². The lowest BCUT2D eigenvalue weighted by Gasteiger charge is -2.27. The second-order valence-corrected chi connectivity index (χ2v) is 10.1. The first kappa shape index (κ1) is 21.3. The Hall–Kier alpha value is -2.89. The fourth-order valence-corrected chi connectivity index (χ4v) is 4.67. The van der Waals surface area contributed by atoms with Gasteiger partial charge in [-0.1, -0.05) is 0 Å². The zero-order chi connectivity index (χ0) is 22.2. The second kappa shape index (κ2) is 8.33. The number of nitrogens with one attached hydrogen (secondary N) is 2. The molecule has 5 N–H and O–H groups in total. The zero-order valence-electron chi connectivity index (χ0n) is 17.5. The van der Waals surface area contributed by atoms with Gasteiger partial charge in [0.15, 0.2) is 5.65 Å². The molecule has 0 bridgehead atoms. The third kappa shape index (κ3) is 4.43. The number of nitrogens with two attached hydrogens (primary N) is 1. The van der Waals surface area contributed by atoms with Crippen LogP contribution in [-0.4, -0.2) is 58.6 Å². The highest BCUT2D eigenvalue weighted by Gasteiger charge is 2.22. The van der Waals surface area contributed by atoms with E-state index in [0.29, 0.717) is 28.9 Å². The molecule has 1 aliphatic carbocycles. The molecule has 2 aromatic heterocycles. The molecule has 31 heavy (non-hydrogen) atoms. The zero-order valence-corrected chi connectivity index (χ0v) is 18.3. The smallest absolute Gasteiger partial charge is 0.246 e. The molecule has 0 radical (unpaired) electrons. The molecule has 1 aliphatic rings. The van der Waals surface area contributed by atoms with Crippen LogP contribution in [0.4, 0.5) is 17.2 Å². The number of phenols is 1. The van der Waals surface area contributed by atoms with Crippen molar-refractivity contribution >= 4 is 32.9 Å². The molecule has 1 aromatic carbocycles. The normalized spacial score (nSPS) is 19.6. The number of phenolic OH excluding ortho intramolecular Hbond substituents is 1. The van der Waals surface area contributed by atoms with Crippen molar-refractivity contribution in [1.29, 1.82) is 0 Å². The summed E-state index contributed by atoms with van der Waals surface area (Å²) in [5.74, 6) is 0.369. The SMILES string of the molecule is CN(C)S(=O)(=O)c1ccc(Nc2cc(N[C@H]3CC[C@H](N)CC3)nn3ccnc23)cc1O. The number of hydrogen-bond donors (Lipinski definition) is 4. The summed E-state index contributed by atoms with van der Waals surface area (Å²) in [5, 5.41) is 21.6. The molecule has 10 nitrogen and oxygen atoms in total. The van der Waals surface area contributed by atoms with Crippen molar-refractivity contribution in [2.24, 2.45) is 5.73 Å². The lowest BCUT2D eigenvalue weighted by Crippen LogP contribution is -2.33. The summed E-state index contributed by atoms with van der Waals surface area (Å²) in [4.78, 5) is 4.19. The molecule has 0 spiro atoms. The number of rotatable bonds is 6. The Morgan fingerprint density at radius 3 is 2.61 bits per heavy atom. The Labute approximate surface area is 181 Å². The van der Waals surface area contributed by atoms with Gasteiger partial charge < -0.3 is 21.5 Å². The minimum Gasteiger partial charge on any atom is -0.506 e. The highest BCUT2D eigenvalue weighted by molar-refractivity contribution is 7.89. The quantitative estimate of drug-likeness (QED) is 0.453. The van der Waals surface area contributed by atoms with E-state index in [1.54, 1.807) is 23.0 Å². The molecular formula is C20H27N7O3S. The Morgan fingerprint density at radius 1 is 1.19 bits per heavy atom. The van der Waals surface area contributed by atoms with Crippen LogP contribution in [0, 0.1) is 0 Å². The van der Waals surface area contributed by atoms with Crippen molar-refractivity contribution in [2.75, 3.05) is 24.7 Å². The first-order chi connectivity index (χ1) is 14.7. The molecule has 0 saturated heterocycles. The summed E-state index contributed by atoms with van der Waals surface area (Å²) < 4.78 is 27.4. The number of aromatic nitrogens is 3. The predicted octanol–water partition coefficient (Wildman–Crippen LogP) is 2.11. The van der Waals surface area contributed by atoms with Gasteiger partial charge >= 0.3 is 0 Å².